The Morgan fingerprint density at radius 1 is 1.19 bits per heavy atom. The van der Waals surface area contributed by atoms with Gasteiger partial charge in [-0.2, -0.15) is 0 Å². The quantitative estimate of drug-likeness (QED) is 0.870. The summed E-state index contributed by atoms with van der Waals surface area (Å²) in [4.78, 5) is 17.2. The fraction of sp³-hybridized carbons (Fsp3) is 0.250. The molecule has 1 aromatic carbocycles. The second-order valence-corrected chi connectivity index (χ2v) is 5.73. The minimum absolute atomic E-state index is 0.00430. The van der Waals surface area contributed by atoms with Gasteiger partial charge in [0.25, 0.3) is 0 Å². The van der Waals surface area contributed by atoms with Crippen molar-refractivity contribution in [3.8, 4) is 0 Å². The smallest absolute Gasteiger partial charge is 0.317 e. The number of carboxylic acid groups (broad SMARTS) is 1. The van der Waals surface area contributed by atoms with Crippen molar-refractivity contribution in [2.45, 2.75) is 20.0 Å². The zero-order chi connectivity index (χ0) is 15.2. The number of hydrogen-bond donors (Lipinski definition) is 1. The number of carbonyl (C=O) groups is 1. The van der Waals surface area contributed by atoms with E-state index < -0.39 is 5.97 Å². The number of carboxylic acids is 1. The average molecular weight is 349 g/mol. The van der Waals surface area contributed by atoms with E-state index >= 15 is 0 Å². The van der Waals surface area contributed by atoms with E-state index in [-0.39, 0.29) is 6.54 Å². The highest BCUT2D eigenvalue weighted by Crippen LogP contribution is 2.19. The molecule has 0 saturated carbocycles. The minimum Gasteiger partial charge on any atom is -0.480 e. The number of halogens is 1. The number of aliphatic carboxylic acids is 1. The van der Waals surface area contributed by atoms with Gasteiger partial charge in [-0.15, -0.1) is 0 Å². The Bertz CT molecular complexity index is 584. The Morgan fingerprint density at radius 3 is 2.52 bits per heavy atom. The van der Waals surface area contributed by atoms with Gasteiger partial charge in [-0.3, -0.25) is 14.7 Å². The molecule has 0 spiro atoms. The van der Waals surface area contributed by atoms with Crippen molar-refractivity contribution in [3.63, 3.8) is 0 Å². The van der Waals surface area contributed by atoms with Crippen LogP contribution in [0.25, 0.3) is 0 Å². The van der Waals surface area contributed by atoms with Crippen LogP contribution in [0.4, 0.5) is 0 Å². The fourth-order valence-corrected chi connectivity index (χ4v) is 2.56. The molecule has 0 unspecified atom stereocenters. The molecule has 21 heavy (non-hydrogen) atoms. The van der Waals surface area contributed by atoms with E-state index in [2.05, 4.69) is 20.9 Å². The average Bonchev–Trinajstić information content (AvgIpc) is 2.43. The molecule has 2 rings (SSSR count). The van der Waals surface area contributed by atoms with Crippen molar-refractivity contribution >= 4 is 21.9 Å². The summed E-state index contributed by atoms with van der Waals surface area (Å²) in [6.07, 6.45) is 1.74. The van der Waals surface area contributed by atoms with Gasteiger partial charge in [0.15, 0.2) is 0 Å². The predicted octanol–water partition coefficient (Wildman–Crippen LogP) is 3.24. The Morgan fingerprint density at radius 2 is 1.86 bits per heavy atom. The van der Waals surface area contributed by atoms with Gasteiger partial charge >= 0.3 is 5.97 Å². The summed E-state index contributed by atoms with van der Waals surface area (Å²) in [5.74, 6) is -0.830. The number of hydrogen-bond acceptors (Lipinski definition) is 3. The Balaban J connectivity index is 2.17. The maximum Gasteiger partial charge on any atom is 0.317 e. The maximum atomic E-state index is 11.1. The van der Waals surface area contributed by atoms with E-state index in [1.807, 2.05) is 48.2 Å². The summed E-state index contributed by atoms with van der Waals surface area (Å²) < 4.78 is 0.989. The number of rotatable bonds is 6. The molecule has 0 radical (unpaired) electrons. The third-order valence-corrected chi connectivity index (χ3v) is 3.99. The van der Waals surface area contributed by atoms with Crippen LogP contribution in [-0.4, -0.2) is 27.5 Å². The van der Waals surface area contributed by atoms with Gasteiger partial charge in [0, 0.05) is 29.5 Å². The molecule has 0 fully saturated rings. The van der Waals surface area contributed by atoms with Gasteiger partial charge in [0.2, 0.25) is 0 Å². The first-order valence-electron chi connectivity index (χ1n) is 6.64. The van der Waals surface area contributed by atoms with E-state index in [4.69, 9.17) is 5.11 Å². The van der Waals surface area contributed by atoms with Crippen LogP contribution in [-0.2, 0) is 17.9 Å². The molecule has 4 nitrogen and oxygen atoms in total. The lowest BCUT2D eigenvalue weighted by Gasteiger charge is -2.21. The minimum atomic E-state index is -0.830. The third kappa shape index (κ3) is 4.65. The lowest BCUT2D eigenvalue weighted by atomic mass is 10.1. The molecule has 1 aromatic heterocycles. The van der Waals surface area contributed by atoms with E-state index in [0.29, 0.717) is 13.1 Å². The Hall–Kier alpha value is -1.72. The molecule has 2 aromatic rings. The second-order valence-electron chi connectivity index (χ2n) is 4.88. The summed E-state index contributed by atoms with van der Waals surface area (Å²) in [5, 5.41) is 9.11. The molecule has 0 atom stereocenters. The molecule has 0 aliphatic carbocycles. The van der Waals surface area contributed by atoms with E-state index in [9.17, 15) is 4.79 Å². The van der Waals surface area contributed by atoms with E-state index in [0.717, 1.165) is 21.3 Å². The zero-order valence-electron chi connectivity index (χ0n) is 11.8. The van der Waals surface area contributed by atoms with Gasteiger partial charge in [-0.25, -0.2) is 0 Å². The molecule has 0 saturated heterocycles. The van der Waals surface area contributed by atoms with Gasteiger partial charge in [-0.05, 0) is 30.2 Å². The SMILES string of the molecule is Cc1ncccc1CN(CC(=O)O)Cc1ccccc1Br. The third-order valence-electron chi connectivity index (χ3n) is 3.22. The van der Waals surface area contributed by atoms with Gasteiger partial charge in [-0.1, -0.05) is 40.2 Å². The summed E-state index contributed by atoms with van der Waals surface area (Å²) in [5.41, 5.74) is 3.05. The molecular weight excluding hydrogens is 332 g/mol. The zero-order valence-corrected chi connectivity index (χ0v) is 13.4. The van der Waals surface area contributed by atoms with Gasteiger partial charge in [0.1, 0.15) is 0 Å². The fourth-order valence-electron chi connectivity index (χ4n) is 2.15. The molecule has 0 aliphatic heterocycles. The van der Waals surface area contributed by atoms with Crippen LogP contribution in [0.1, 0.15) is 16.8 Å². The standard InChI is InChI=1S/C16H17BrN2O2/c1-12-13(6-4-8-18-12)9-19(11-16(20)21)10-14-5-2-3-7-15(14)17/h2-8H,9-11H2,1H3,(H,20,21). The van der Waals surface area contributed by atoms with Crippen LogP contribution in [0, 0.1) is 6.92 Å². The summed E-state index contributed by atoms with van der Waals surface area (Å²) in [7, 11) is 0. The number of benzene rings is 1. The Kier molecular flexibility index (Phi) is 5.47. The summed E-state index contributed by atoms with van der Waals surface area (Å²) in [6.45, 7) is 3.07. The first kappa shape index (κ1) is 15.7. The van der Waals surface area contributed by atoms with Crippen molar-refractivity contribution in [2.75, 3.05) is 6.54 Å². The number of aryl methyl sites for hydroxylation is 1. The lowest BCUT2D eigenvalue weighted by molar-refractivity contribution is -0.138. The molecule has 1 heterocycles. The van der Waals surface area contributed by atoms with Crippen LogP contribution in [0.5, 0.6) is 0 Å². The first-order chi connectivity index (χ1) is 10.1. The van der Waals surface area contributed by atoms with E-state index in [1.54, 1.807) is 6.20 Å². The highest BCUT2D eigenvalue weighted by atomic mass is 79.9. The molecule has 5 heteroatoms. The maximum absolute atomic E-state index is 11.1. The monoisotopic (exact) mass is 348 g/mol. The predicted molar refractivity (Wildman–Crippen MR) is 84.9 cm³/mol. The van der Waals surface area contributed by atoms with Crippen molar-refractivity contribution in [2.24, 2.45) is 0 Å². The van der Waals surface area contributed by atoms with Crippen LogP contribution >= 0.6 is 15.9 Å². The van der Waals surface area contributed by atoms with Gasteiger partial charge in [0.05, 0.1) is 6.54 Å². The summed E-state index contributed by atoms with van der Waals surface area (Å²) in [6, 6.07) is 11.7. The largest absolute Gasteiger partial charge is 0.480 e. The first-order valence-corrected chi connectivity index (χ1v) is 7.43. The highest BCUT2D eigenvalue weighted by Gasteiger charge is 2.13. The molecule has 1 N–H and O–H groups in total. The van der Waals surface area contributed by atoms with Crippen molar-refractivity contribution in [1.82, 2.24) is 9.88 Å². The highest BCUT2D eigenvalue weighted by molar-refractivity contribution is 9.10. The number of pyridine rings is 1. The van der Waals surface area contributed by atoms with Crippen molar-refractivity contribution < 1.29 is 9.90 Å². The molecule has 0 bridgehead atoms. The number of aromatic nitrogens is 1. The second kappa shape index (κ2) is 7.33. The molecular formula is C16H17BrN2O2. The molecule has 0 aliphatic rings. The van der Waals surface area contributed by atoms with Crippen LogP contribution < -0.4 is 0 Å². The van der Waals surface area contributed by atoms with Crippen molar-refractivity contribution in [3.05, 3.63) is 63.9 Å². The van der Waals surface area contributed by atoms with Gasteiger partial charge < -0.3 is 5.11 Å². The number of nitrogens with zero attached hydrogens (tertiary/aromatic N) is 2. The normalized spacial score (nSPS) is 10.8. The van der Waals surface area contributed by atoms with E-state index in [1.165, 1.54) is 0 Å². The van der Waals surface area contributed by atoms with Crippen LogP contribution in [0.2, 0.25) is 0 Å². The lowest BCUT2D eigenvalue weighted by Crippen LogP contribution is -2.29. The Labute approximate surface area is 132 Å². The molecule has 0 amide bonds. The van der Waals surface area contributed by atoms with Crippen molar-refractivity contribution in [1.29, 1.82) is 0 Å². The van der Waals surface area contributed by atoms with Crippen LogP contribution in [0.3, 0.4) is 0 Å². The van der Waals surface area contributed by atoms with Crippen LogP contribution in [0.15, 0.2) is 47.1 Å². The topological polar surface area (TPSA) is 53.4 Å². The molecule has 110 valence electrons. The summed E-state index contributed by atoms with van der Waals surface area (Å²) >= 11 is 3.50.